The summed E-state index contributed by atoms with van der Waals surface area (Å²) < 4.78 is 5.66. The maximum absolute atomic E-state index is 5.66. The molecule has 2 aromatic rings. The zero-order chi connectivity index (χ0) is 9.38. The highest BCUT2D eigenvalue weighted by molar-refractivity contribution is 5.59. The summed E-state index contributed by atoms with van der Waals surface area (Å²) in [6, 6.07) is 7.85. The van der Waals surface area contributed by atoms with Crippen molar-refractivity contribution < 1.29 is 4.74 Å². The SMILES string of the molecule is c1ccc2c(c1)NCc1cn[nH]c1O2. The average molecular weight is 187 g/mol. The van der Waals surface area contributed by atoms with Crippen molar-refractivity contribution in [2.45, 2.75) is 6.54 Å². The summed E-state index contributed by atoms with van der Waals surface area (Å²) in [6.07, 6.45) is 1.77. The highest BCUT2D eigenvalue weighted by Crippen LogP contribution is 2.33. The number of para-hydroxylation sites is 2. The van der Waals surface area contributed by atoms with Gasteiger partial charge in [-0.25, -0.2) is 5.10 Å². The van der Waals surface area contributed by atoms with E-state index >= 15 is 0 Å². The van der Waals surface area contributed by atoms with Crippen molar-refractivity contribution in [2.75, 3.05) is 5.32 Å². The van der Waals surface area contributed by atoms with Crippen molar-refractivity contribution in [1.29, 1.82) is 0 Å². The van der Waals surface area contributed by atoms with Gasteiger partial charge in [0.2, 0.25) is 5.88 Å². The smallest absolute Gasteiger partial charge is 0.220 e. The van der Waals surface area contributed by atoms with Gasteiger partial charge >= 0.3 is 0 Å². The van der Waals surface area contributed by atoms with Gasteiger partial charge in [-0.1, -0.05) is 12.1 Å². The van der Waals surface area contributed by atoms with Crippen LogP contribution in [-0.2, 0) is 6.54 Å². The van der Waals surface area contributed by atoms with E-state index in [4.69, 9.17) is 4.74 Å². The predicted molar refractivity (Wildman–Crippen MR) is 52.4 cm³/mol. The van der Waals surface area contributed by atoms with Crippen LogP contribution in [0.4, 0.5) is 5.69 Å². The van der Waals surface area contributed by atoms with E-state index < -0.39 is 0 Å². The average Bonchev–Trinajstić information content (AvgIpc) is 2.58. The first-order valence-corrected chi connectivity index (χ1v) is 4.46. The number of fused-ring (bicyclic) bond motifs is 2. The van der Waals surface area contributed by atoms with Crippen molar-refractivity contribution in [1.82, 2.24) is 10.2 Å². The molecule has 1 aliphatic heterocycles. The molecule has 70 valence electrons. The Morgan fingerprint density at radius 1 is 1.29 bits per heavy atom. The summed E-state index contributed by atoms with van der Waals surface area (Å²) in [5.41, 5.74) is 2.05. The molecule has 2 heterocycles. The Labute approximate surface area is 80.9 Å². The lowest BCUT2D eigenvalue weighted by atomic mass is 10.3. The molecule has 0 saturated heterocycles. The first kappa shape index (κ1) is 7.44. The topological polar surface area (TPSA) is 49.9 Å². The van der Waals surface area contributed by atoms with E-state index in [-0.39, 0.29) is 0 Å². The maximum Gasteiger partial charge on any atom is 0.220 e. The molecule has 2 N–H and O–H groups in total. The van der Waals surface area contributed by atoms with E-state index in [1.165, 1.54) is 0 Å². The fourth-order valence-electron chi connectivity index (χ4n) is 1.52. The molecule has 0 atom stereocenters. The van der Waals surface area contributed by atoms with E-state index in [1.54, 1.807) is 6.20 Å². The van der Waals surface area contributed by atoms with E-state index in [2.05, 4.69) is 15.5 Å². The Bertz CT molecular complexity index is 464. The Hall–Kier alpha value is -1.97. The molecular weight excluding hydrogens is 178 g/mol. The molecule has 14 heavy (non-hydrogen) atoms. The molecular formula is C10H9N3O. The maximum atomic E-state index is 5.66. The van der Waals surface area contributed by atoms with Crippen LogP contribution in [0.5, 0.6) is 11.6 Å². The van der Waals surface area contributed by atoms with Crippen molar-refractivity contribution in [3.63, 3.8) is 0 Å². The molecule has 4 heteroatoms. The zero-order valence-electron chi connectivity index (χ0n) is 7.45. The third-order valence-electron chi connectivity index (χ3n) is 2.25. The van der Waals surface area contributed by atoms with Crippen LogP contribution in [0, 0.1) is 0 Å². The number of hydrogen-bond donors (Lipinski definition) is 2. The van der Waals surface area contributed by atoms with Gasteiger partial charge in [0.15, 0.2) is 5.75 Å². The van der Waals surface area contributed by atoms with Gasteiger partial charge in [0, 0.05) is 6.54 Å². The van der Waals surface area contributed by atoms with E-state index in [9.17, 15) is 0 Å². The third-order valence-corrected chi connectivity index (χ3v) is 2.25. The third kappa shape index (κ3) is 1.04. The monoisotopic (exact) mass is 187 g/mol. The molecule has 0 amide bonds. The largest absolute Gasteiger partial charge is 0.437 e. The van der Waals surface area contributed by atoms with Crippen LogP contribution in [0.2, 0.25) is 0 Å². The van der Waals surface area contributed by atoms with E-state index in [0.717, 1.165) is 29.4 Å². The van der Waals surface area contributed by atoms with Crippen molar-refractivity contribution in [3.8, 4) is 11.6 Å². The van der Waals surface area contributed by atoms with Gasteiger partial charge < -0.3 is 10.1 Å². The molecule has 0 bridgehead atoms. The summed E-state index contributed by atoms with van der Waals surface area (Å²) in [5.74, 6) is 1.55. The quantitative estimate of drug-likeness (QED) is 0.664. The molecule has 1 aromatic carbocycles. The minimum Gasteiger partial charge on any atom is -0.437 e. The number of ether oxygens (including phenoxy) is 1. The van der Waals surface area contributed by atoms with Gasteiger partial charge in [0.1, 0.15) is 0 Å². The van der Waals surface area contributed by atoms with Crippen molar-refractivity contribution >= 4 is 5.69 Å². The van der Waals surface area contributed by atoms with Gasteiger partial charge in [-0.3, -0.25) is 0 Å². The van der Waals surface area contributed by atoms with Gasteiger partial charge in [0.25, 0.3) is 0 Å². The Balaban J connectivity index is 2.10. The summed E-state index contributed by atoms with van der Waals surface area (Å²) in [5, 5.41) is 10.0. The van der Waals surface area contributed by atoms with Crippen LogP contribution in [-0.4, -0.2) is 10.2 Å². The second kappa shape index (κ2) is 2.77. The Kier molecular flexibility index (Phi) is 1.47. The van der Waals surface area contributed by atoms with Crippen LogP contribution >= 0.6 is 0 Å². The van der Waals surface area contributed by atoms with Crippen LogP contribution in [0.15, 0.2) is 30.5 Å². The fraction of sp³-hybridized carbons (Fsp3) is 0.100. The van der Waals surface area contributed by atoms with Crippen LogP contribution in [0.25, 0.3) is 0 Å². The molecule has 0 spiro atoms. The second-order valence-electron chi connectivity index (χ2n) is 3.18. The van der Waals surface area contributed by atoms with Gasteiger partial charge in [-0.05, 0) is 12.1 Å². The highest BCUT2D eigenvalue weighted by Gasteiger charge is 2.14. The summed E-state index contributed by atoms with van der Waals surface area (Å²) in [6.45, 7) is 0.739. The first-order valence-electron chi connectivity index (χ1n) is 4.46. The number of aromatic amines is 1. The molecule has 0 saturated carbocycles. The number of rotatable bonds is 0. The number of benzene rings is 1. The number of nitrogens with zero attached hydrogens (tertiary/aromatic N) is 1. The standard InChI is InChI=1S/C10H9N3O/c1-2-4-9-8(3-1)11-5-7-6-12-13-10(7)14-9/h1-4,6,11H,5H2,(H,12,13). The predicted octanol–water partition coefficient (Wildman–Crippen LogP) is 2.13. The normalized spacial score (nSPS) is 13.1. The van der Waals surface area contributed by atoms with Gasteiger partial charge in [-0.2, -0.15) is 5.10 Å². The number of aromatic nitrogens is 2. The number of hydrogen-bond acceptors (Lipinski definition) is 3. The summed E-state index contributed by atoms with van der Waals surface area (Å²) >= 11 is 0. The number of anilines is 1. The molecule has 0 aliphatic carbocycles. The van der Waals surface area contributed by atoms with Crippen molar-refractivity contribution in [3.05, 3.63) is 36.0 Å². The zero-order valence-corrected chi connectivity index (χ0v) is 7.45. The van der Waals surface area contributed by atoms with Gasteiger partial charge in [0.05, 0.1) is 17.4 Å². The minimum absolute atomic E-state index is 0.724. The number of nitrogens with one attached hydrogen (secondary N) is 2. The number of H-pyrrole nitrogens is 1. The summed E-state index contributed by atoms with van der Waals surface area (Å²) in [4.78, 5) is 0. The van der Waals surface area contributed by atoms with Crippen molar-refractivity contribution in [2.24, 2.45) is 0 Å². The van der Waals surface area contributed by atoms with Crippen LogP contribution < -0.4 is 10.1 Å². The summed E-state index contributed by atoms with van der Waals surface area (Å²) in [7, 11) is 0. The highest BCUT2D eigenvalue weighted by atomic mass is 16.5. The molecule has 0 fully saturated rings. The van der Waals surface area contributed by atoms with Gasteiger partial charge in [-0.15, -0.1) is 0 Å². The Morgan fingerprint density at radius 2 is 2.21 bits per heavy atom. The lowest BCUT2D eigenvalue weighted by Crippen LogP contribution is -1.95. The molecule has 3 rings (SSSR count). The first-order chi connectivity index (χ1) is 6.93. The van der Waals surface area contributed by atoms with E-state index in [1.807, 2.05) is 24.3 Å². The second-order valence-corrected chi connectivity index (χ2v) is 3.18. The lowest BCUT2D eigenvalue weighted by molar-refractivity contribution is 0.463. The molecule has 0 radical (unpaired) electrons. The lowest BCUT2D eigenvalue weighted by Gasteiger charge is -2.05. The molecule has 4 nitrogen and oxygen atoms in total. The molecule has 0 unspecified atom stereocenters. The molecule has 1 aliphatic rings. The minimum atomic E-state index is 0.724. The van der Waals surface area contributed by atoms with Crippen LogP contribution in [0.3, 0.4) is 0 Å². The Morgan fingerprint density at radius 3 is 3.21 bits per heavy atom. The molecule has 1 aromatic heterocycles. The van der Waals surface area contributed by atoms with Crippen LogP contribution in [0.1, 0.15) is 5.56 Å². The van der Waals surface area contributed by atoms with E-state index in [0.29, 0.717) is 0 Å². The fourth-order valence-corrected chi connectivity index (χ4v) is 1.52.